The zero-order valence-corrected chi connectivity index (χ0v) is 11.1. The molecule has 0 aliphatic heterocycles. The monoisotopic (exact) mass is 256 g/mol. The highest BCUT2D eigenvalue weighted by atomic mass is 16.4. The van der Waals surface area contributed by atoms with E-state index in [2.05, 4.69) is 5.32 Å². The molecule has 1 amide bonds. The Balaban J connectivity index is 2.52. The van der Waals surface area contributed by atoms with Gasteiger partial charge in [0.2, 0.25) is 5.91 Å². The molecule has 1 aliphatic carbocycles. The number of aliphatic carboxylic acids is 1. The van der Waals surface area contributed by atoms with Crippen LogP contribution in [0.5, 0.6) is 0 Å². The molecular formula is C13H24N2O3. The second-order valence-electron chi connectivity index (χ2n) is 5.26. The summed E-state index contributed by atoms with van der Waals surface area (Å²) >= 11 is 0. The molecule has 1 aliphatic rings. The Morgan fingerprint density at radius 3 is 2.44 bits per heavy atom. The van der Waals surface area contributed by atoms with Crippen LogP contribution in [0.4, 0.5) is 0 Å². The highest BCUT2D eigenvalue weighted by Gasteiger charge is 2.39. The maximum Gasteiger partial charge on any atom is 0.311 e. The van der Waals surface area contributed by atoms with Crippen LogP contribution in [0.25, 0.3) is 0 Å². The van der Waals surface area contributed by atoms with Crippen molar-refractivity contribution in [3.05, 3.63) is 0 Å². The van der Waals surface area contributed by atoms with Gasteiger partial charge in [0.05, 0.1) is 11.5 Å². The van der Waals surface area contributed by atoms with Crippen LogP contribution in [-0.2, 0) is 9.59 Å². The van der Waals surface area contributed by atoms with E-state index in [0.717, 1.165) is 25.7 Å². The van der Waals surface area contributed by atoms with Gasteiger partial charge in [-0.25, -0.2) is 0 Å². The Kier molecular flexibility index (Phi) is 5.59. The van der Waals surface area contributed by atoms with E-state index in [0.29, 0.717) is 19.3 Å². The molecule has 104 valence electrons. The van der Waals surface area contributed by atoms with Crippen LogP contribution in [0.2, 0.25) is 0 Å². The molecule has 1 unspecified atom stereocenters. The van der Waals surface area contributed by atoms with Gasteiger partial charge in [0.15, 0.2) is 0 Å². The summed E-state index contributed by atoms with van der Waals surface area (Å²) < 4.78 is 0. The molecule has 0 spiro atoms. The smallest absolute Gasteiger partial charge is 0.311 e. The topological polar surface area (TPSA) is 92.4 Å². The molecule has 18 heavy (non-hydrogen) atoms. The standard InChI is InChI=1S/C13H24N2O3/c1-2-6-10(14)11(16)15-9-13(12(17)18)7-4-3-5-8-13/h10H,2-9,14H2,1H3,(H,15,16)(H,17,18). The number of carboxylic acids is 1. The molecule has 0 aromatic rings. The molecule has 1 fully saturated rings. The number of carboxylic acid groups (broad SMARTS) is 1. The van der Waals surface area contributed by atoms with Crippen molar-refractivity contribution in [1.29, 1.82) is 0 Å². The fourth-order valence-electron chi connectivity index (χ4n) is 2.52. The van der Waals surface area contributed by atoms with Crippen LogP contribution in [-0.4, -0.2) is 29.6 Å². The molecule has 0 radical (unpaired) electrons. The van der Waals surface area contributed by atoms with E-state index in [1.165, 1.54) is 0 Å². The van der Waals surface area contributed by atoms with Crippen molar-refractivity contribution in [1.82, 2.24) is 5.32 Å². The normalized spacial score (nSPS) is 20.1. The van der Waals surface area contributed by atoms with Crippen molar-refractivity contribution in [2.75, 3.05) is 6.54 Å². The molecule has 0 saturated heterocycles. The third-order valence-corrected chi connectivity index (χ3v) is 3.80. The average molecular weight is 256 g/mol. The maximum atomic E-state index is 11.7. The number of hydrogen-bond donors (Lipinski definition) is 3. The fraction of sp³-hybridized carbons (Fsp3) is 0.846. The molecule has 5 nitrogen and oxygen atoms in total. The number of nitrogens with one attached hydrogen (secondary N) is 1. The fourth-order valence-corrected chi connectivity index (χ4v) is 2.52. The van der Waals surface area contributed by atoms with Gasteiger partial charge in [-0.2, -0.15) is 0 Å². The van der Waals surface area contributed by atoms with Gasteiger partial charge in [0.1, 0.15) is 0 Å². The first-order valence-electron chi connectivity index (χ1n) is 6.78. The second-order valence-corrected chi connectivity index (χ2v) is 5.26. The summed E-state index contributed by atoms with van der Waals surface area (Å²) in [5.41, 5.74) is 4.93. The van der Waals surface area contributed by atoms with E-state index in [9.17, 15) is 14.7 Å². The van der Waals surface area contributed by atoms with Crippen molar-refractivity contribution < 1.29 is 14.7 Å². The van der Waals surface area contributed by atoms with Crippen LogP contribution in [0.15, 0.2) is 0 Å². The van der Waals surface area contributed by atoms with Crippen LogP contribution in [0.3, 0.4) is 0 Å². The van der Waals surface area contributed by atoms with Crippen molar-refractivity contribution in [3.63, 3.8) is 0 Å². The minimum Gasteiger partial charge on any atom is -0.481 e. The SMILES string of the molecule is CCCC(N)C(=O)NCC1(C(=O)O)CCCCC1. The van der Waals surface area contributed by atoms with E-state index in [4.69, 9.17) is 5.73 Å². The molecular weight excluding hydrogens is 232 g/mol. The number of amides is 1. The third-order valence-electron chi connectivity index (χ3n) is 3.80. The summed E-state index contributed by atoms with van der Waals surface area (Å²) in [7, 11) is 0. The molecule has 1 rings (SSSR count). The molecule has 1 saturated carbocycles. The van der Waals surface area contributed by atoms with Gasteiger partial charge in [0.25, 0.3) is 0 Å². The van der Waals surface area contributed by atoms with Gasteiger partial charge >= 0.3 is 5.97 Å². The Hall–Kier alpha value is -1.10. The summed E-state index contributed by atoms with van der Waals surface area (Å²) in [5, 5.41) is 12.1. The zero-order valence-electron chi connectivity index (χ0n) is 11.1. The van der Waals surface area contributed by atoms with E-state index in [-0.39, 0.29) is 12.5 Å². The van der Waals surface area contributed by atoms with E-state index >= 15 is 0 Å². The number of carbonyl (C=O) groups excluding carboxylic acids is 1. The average Bonchev–Trinajstić information content (AvgIpc) is 2.37. The van der Waals surface area contributed by atoms with E-state index < -0.39 is 17.4 Å². The Bertz CT molecular complexity index is 299. The van der Waals surface area contributed by atoms with E-state index in [1.807, 2.05) is 6.92 Å². The molecule has 1 atom stereocenters. The van der Waals surface area contributed by atoms with Crippen LogP contribution < -0.4 is 11.1 Å². The van der Waals surface area contributed by atoms with Gasteiger partial charge in [-0.15, -0.1) is 0 Å². The van der Waals surface area contributed by atoms with Crippen LogP contribution >= 0.6 is 0 Å². The Morgan fingerprint density at radius 2 is 1.94 bits per heavy atom. The first kappa shape index (κ1) is 15.0. The first-order chi connectivity index (χ1) is 8.52. The summed E-state index contributed by atoms with van der Waals surface area (Å²) in [6.45, 7) is 2.17. The van der Waals surface area contributed by atoms with Gasteiger partial charge in [-0.05, 0) is 19.3 Å². The number of hydrogen-bond acceptors (Lipinski definition) is 3. The maximum absolute atomic E-state index is 11.7. The molecule has 4 N–H and O–H groups in total. The summed E-state index contributed by atoms with van der Waals surface area (Å²) in [5.74, 6) is -1.03. The minimum atomic E-state index is -0.799. The first-order valence-corrected chi connectivity index (χ1v) is 6.78. The lowest BCUT2D eigenvalue weighted by Gasteiger charge is -2.33. The van der Waals surface area contributed by atoms with Crippen molar-refractivity contribution >= 4 is 11.9 Å². The lowest BCUT2D eigenvalue weighted by atomic mass is 9.74. The van der Waals surface area contributed by atoms with Crippen molar-refractivity contribution in [2.45, 2.75) is 57.9 Å². The predicted molar refractivity (Wildman–Crippen MR) is 69.0 cm³/mol. The Labute approximate surface area is 108 Å². The highest BCUT2D eigenvalue weighted by Crippen LogP contribution is 2.35. The van der Waals surface area contributed by atoms with Crippen LogP contribution in [0.1, 0.15) is 51.9 Å². The van der Waals surface area contributed by atoms with Crippen molar-refractivity contribution in [2.24, 2.45) is 11.1 Å². The second kappa shape index (κ2) is 6.73. The molecule has 0 aromatic carbocycles. The summed E-state index contributed by atoms with van der Waals surface area (Å²) in [6.07, 6.45) is 5.69. The zero-order chi connectivity index (χ0) is 13.6. The van der Waals surface area contributed by atoms with Gasteiger partial charge in [0, 0.05) is 6.54 Å². The van der Waals surface area contributed by atoms with Gasteiger partial charge < -0.3 is 16.2 Å². The predicted octanol–water partition coefficient (Wildman–Crippen LogP) is 1.27. The quantitative estimate of drug-likeness (QED) is 0.667. The molecule has 0 bridgehead atoms. The molecule has 0 aromatic heterocycles. The summed E-state index contributed by atoms with van der Waals surface area (Å²) in [4.78, 5) is 23.1. The lowest BCUT2D eigenvalue weighted by molar-refractivity contribution is -0.151. The number of carbonyl (C=O) groups is 2. The van der Waals surface area contributed by atoms with Gasteiger partial charge in [-0.1, -0.05) is 32.6 Å². The lowest BCUT2D eigenvalue weighted by Crippen LogP contribution is -2.48. The van der Waals surface area contributed by atoms with Gasteiger partial charge in [-0.3, -0.25) is 9.59 Å². The molecule has 0 heterocycles. The number of nitrogens with two attached hydrogens (primary N) is 1. The van der Waals surface area contributed by atoms with Crippen molar-refractivity contribution in [3.8, 4) is 0 Å². The Morgan fingerprint density at radius 1 is 1.33 bits per heavy atom. The van der Waals surface area contributed by atoms with Crippen LogP contribution in [0, 0.1) is 5.41 Å². The highest BCUT2D eigenvalue weighted by molar-refractivity contribution is 5.82. The number of rotatable bonds is 6. The minimum absolute atomic E-state index is 0.207. The third kappa shape index (κ3) is 3.70. The summed E-state index contributed by atoms with van der Waals surface area (Å²) in [6, 6.07) is -0.524. The molecule has 5 heteroatoms. The van der Waals surface area contributed by atoms with E-state index in [1.54, 1.807) is 0 Å². The largest absolute Gasteiger partial charge is 0.481 e.